The Bertz CT molecular complexity index is 1310. The molecule has 1 saturated carbocycles. The van der Waals surface area contributed by atoms with E-state index in [9.17, 15) is 14.7 Å². The smallest absolute Gasteiger partial charge is 0.347 e. The highest BCUT2D eigenvalue weighted by atomic mass is 32.1. The van der Waals surface area contributed by atoms with Crippen LogP contribution in [-0.2, 0) is 21.6 Å². The van der Waals surface area contributed by atoms with Crippen molar-refractivity contribution < 1.29 is 24.0 Å². The normalized spacial score (nSPS) is 17.9. The molecule has 3 aromatic heterocycles. The third kappa shape index (κ3) is 6.04. The molecule has 204 valence electrons. The molecule has 39 heavy (non-hydrogen) atoms. The van der Waals surface area contributed by atoms with Gasteiger partial charge >= 0.3 is 5.97 Å². The van der Waals surface area contributed by atoms with Crippen LogP contribution in [0.1, 0.15) is 58.1 Å². The lowest BCUT2D eigenvalue weighted by Gasteiger charge is -2.38. The Morgan fingerprint density at radius 1 is 1.10 bits per heavy atom. The first kappa shape index (κ1) is 27.4. The summed E-state index contributed by atoms with van der Waals surface area (Å²) in [5.41, 5.74) is -0.0281. The van der Waals surface area contributed by atoms with Gasteiger partial charge in [0, 0.05) is 23.6 Å². The van der Waals surface area contributed by atoms with Gasteiger partial charge in [0.05, 0.1) is 15.9 Å². The molecule has 0 amide bonds. The van der Waals surface area contributed by atoms with Crippen molar-refractivity contribution in [2.24, 2.45) is 0 Å². The summed E-state index contributed by atoms with van der Waals surface area (Å²) in [4.78, 5) is 31.8. The minimum absolute atomic E-state index is 0.118. The molecule has 1 aliphatic carbocycles. The number of ether oxygens (including phenoxy) is 1. The standard InChI is InChI=1S/C29H31N3O5S2/c1-32(16-2-7-26-30-27(31-37-26)21-10-8-20(19-33)9-11-21)22-12-14-23(15-13-22)36-29(28(34)35,24-5-3-17-38-24)25-6-4-18-39-25/h3-6,8-11,17-19,22-23H,2,7,12-16H2,1H3,(H,34,35). The molecule has 0 atom stereocenters. The molecule has 0 bridgehead atoms. The topological polar surface area (TPSA) is 106 Å². The number of aromatic nitrogens is 2. The Kier molecular flexibility index (Phi) is 8.66. The maximum absolute atomic E-state index is 12.7. The van der Waals surface area contributed by atoms with E-state index in [1.165, 1.54) is 22.7 Å². The number of nitrogens with zero attached hydrogens (tertiary/aromatic N) is 3. The zero-order chi connectivity index (χ0) is 27.2. The third-order valence-corrected chi connectivity index (χ3v) is 9.26. The van der Waals surface area contributed by atoms with E-state index in [4.69, 9.17) is 9.26 Å². The minimum atomic E-state index is -1.45. The Morgan fingerprint density at radius 3 is 2.33 bits per heavy atom. The summed E-state index contributed by atoms with van der Waals surface area (Å²) in [5, 5.41) is 18.2. The van der Waals surface area contributed by atoms with Crippen molar-refractivity contribution in [3.63, 3.8) is 0 Å². The van der Waals surface area contributed by atoms with Gasteiger partial charge in [0.15, 0.2) is 0 Å². The van der Waals surface area contributed by atoms with Crippen molar-refractivity contribution >= 4 is 34.9 Å². The quantitative estimate of drug-likeness (QED) is 0.212. The van der Waals surface area contributed by atoms with Crippen molar-refractivity contribution in [2.45, 2.75) is 56.3 Å². The first-order valence-electron chi connectivity index (χ1n) is 13.1. The van der Waals surface area contributed by atoms with Crippen LogP contribution in [0, 0.1) is 0 Å². The van der Waals surface area contributed by atoms with E-state index >= 15 is 0 Å². The lowest BCUT2D eigenvalue weighted by molar-refractivity contribution is -0.170. The van der Waals surface area contributed by atoms with Gasteiger partial charge in [-0.15, -0.1) is 22.7 Å². The molecule has 8 nitrogen and oxygen atoms in total. The van der Waals surface area contributed by atoms with E-state index in [1.54, 1.807) is 12.1 Å². The number of carbonyl (C=O) groups is 2. The Labute approximate surface area is 235 Å². The van der Waals surface area contributed by atoms with Crippen molar-refractivity contribution in [1.82, 2.24) is 15.0 Å². The minimum Gasteiger partial charge on any atom is -0.479 e. The maximum Gasteiger partial charge on any atom is 0.347 e. The predicted molar refractivity (Wildman–Crippen MR) is 150 cm³/mol. The van der Waals surface area contributed by atoms with Gasteiger partial charge in [-0.1, -0.05) is 41.6 Å². The van der Waals surface area contributed by atoms with E-state index in [-0.39, 0.29) is 6.10 Å². The molecule has 1 aliphatic rings. The van der Waals surface area contributed by atoms with Crippen molar-refractivity contribution in [3.05, 3.63) is 80.5 Å². The highest BCUT2D eigenvalue weighted by Gasteiger charge is 2.48. The van der Waals surface area contributed by atoms with Crippen LogP contribution in [0.25, 0.3) is 11.4 Å². The molecule has 0 spiro atoms. The summed E-state index contributed by atoms with van der Waals surface area (Å²) >= 11 is 2.84. The monoisotopic (exact) mass is 565 g/mol. The molecule has 0 saturated heterocycles. The molecule has 1 fully saturated rings. The van der Waals surface area contributed by atoms with Crippen molar-refractivity contribution in [2.75, 3.05) is 13.6 Å². The fourth-order valence-electron chi connectivity index (χ4n) is 5.16. The zero-order valence-corrected chi connectivity index (χ0v) is 23.3. The van der Waals surface area contributed by atoms with Gasteiger partial charge in [-0.25, -0.2) is 4.79 Å². The SMILES string of the molecule is CN(CCCc1nc(-c2ccc(C=O)cc2)no1)C1CCC(OC(C(=O)O)(c2cccs2)c2cccs2)CC1. The fourth-order valence-corrected chi connectivity index (χ4v) is 6.97. The molecular weight excluding hydrogens is 534 g/mol. The van der Waals surface area contributed by atoms with Gasteiger partial charge in [-0.3, -0.25) is 4.79 Å². The highest BCUT2D eigenvalue weighted by Crippen LogP contribution is 2.42. The summed E-state index contributed by atoms with van der Waals surface area (Å²) < 4.78 is 11.9. The number of thiophene rings is 2. The maximum atomic E-state index is 12.7. The lowest BCUT2D eigenvalue weighted by atomic mass is 9.90. The molecule has 3 heterocycles. The van der Waals surface area contributed by atoms with Crippen LogP contribution in [0.5, 0.6) is 0 Å². The number of carboxylic acid groups (broad SMARTS) is 1. The van der Waals surface area contributed by atoms with Crippen LogP contribution in [0.2, 0.25) is 0 Å². The molecule has 0 radical (unpaired) electrons. The van der Waals surface area contributed by atoms with Crippen LogP contribution in [0.4, 0.5) is 0 Å². The predicted octanol–water partition coefficient (Wildman–Crippen LogP) is 5.89. The van der Waals surface area contributed by atoms with Gasteiger partial charge in [-0.05, 0) is 68.6 Å². The van der Waals surface area contributed by atoms with E-state index in [1.807, 2.05) is 47.2 Å². The summed E-state index contributed by atoms with van der Waals surface area (Å²) in [6.07, 6.45) is 5.80. The Balaban J connectivity index is 1.12. The van der Waals surface area contributed by atoms with Crippen LogP contribution in [0.15, 0.2) is 63.8 Å². The Hall–Kier alpha value is -3.18. The number of rotatable bonds is 12. The highest BCUT2D eigenvalue weighted by molar-refractivity contribution is 7.12. The number of benzene rings is 1. The van der Waals surface area contributed by atoms with Crippen LogP contribution in [0.3, 0.4) is 0 Å². The molecule has 5 rings (SSSR count). The summed E-state index contributed by atoms with van der Waals surface area (Å²) in [5.74, 6) is 0.160. The molecular formula is C29H31N3O5S2. The molecule has 10 heteroatoms. The van der Waals surface area contributed by atoms with Crippen LogP contribution >= 0.6 is 22.7 Å². The number of aldehydes is 1. The average Bonchev–Trinajstić information content (AvgIpc) is 3.76. The second-order valence-corrected chi connectivity index (χ2v) is 11.7. The number of carbonyl (C=O) groups excluding carboxylic acids is 1. The molecule has 1 N–H and O–H groups in total. The summed E-state index contributed by atoms with van der Waals surface area (Å²) in [7, 11) is 2.14. The summed E-state index contributed by atoms with van der Waals surface area (Å²) in [6.45, 7) is 0.894. The van der Waals surface area contributed by atoms with Crippen molar-refractivity contribution in [3.8, 4) is 11.4 Å². The number of hydrogen-bond acceptors (Lipinski definition) is 9. The van der Waals surface area contributed by atoms with Gasteiger partial charge in [0.2, 0.25) is 17.3 Å². The van der Waals surface area contributed by atoms with Crippen LogP contribution < -0.4 is 0 Å². The summed E-state index contributed by atoms with van der Waals surface area (Å²) in [6, 6.07) is 15.0. The largest absolute Gasteiger partial charge is 0.479 e. The number of aliphatic carboxylic acids is 1. The lowest BCUT2D eigenvalue weighted by Crippen LogP contribution is -2.44. The number of hydrogen-bond donors (Lipinski definition) is 1. The number of aryl methyl sites for hydroxylation is 1. The zero-order valence-electron chi connectivity index (χ0n) is 21.7. The van der Waals surface area contributed by atoms with Gasteiger partial charge < -0.3 is 19.3 Å². The van der Waals surface area contributed by atoms with Crippen molar-refractivity contribution in [1.29, 1.82) is 0 Å². The Morgan fingerprint density at radius 2 is 1.77 bits per heavy atom. The van der Waals surface area contributed by atoms with Gasteiger partial charge in [0.1, 0.15) is 6.29 Å². The molecule has 0 aliphatic heterocycles. The first-order chi connectivity index (χ1) is 19.0. The third-order valence-electron chi connectivity index (χ3n) is 7.32. The fraction of sp³-hybridized carbons (Fsp3) is 0.379. The van der Waals surface area contributed by atoms with E-state index < -0.39 is 11.6 Å². The van der Waals surface area contributed by atoms with Gasteiger partial charge in [0.25, 0.3) is 0 Å². The van der Waals surface area contributed by atoms with E-state index in [2.05, 4.69) is 22.1 Å². The van der Waals surface area contributed by atoms with E-state index in [0.717, 1.165) is 50.5 Å². The first-order valence-corrected chi connectivity index (χ1v) is 14.8. The molecule has 1 aromatic carbocycles. The number of carboxylic acids is 1. The second-order valence-electron chi connectivity index (χ2n) is 9.83. The van der Waals surface area contributed by atoms with E-state index in [0.29, 0.717) is 39.5 Å². The van der Waals surface area contributed by atoms with Crippen LogP contribution in [-0.4, -0.2) is 58.1 Å². The second kappa shape index (κ2) is 12.3. The van der Waals surface area contributed by atoms with Gasteiger partial charge in [-0.2, -0.15) is 4.98 Å². The molecule has 4 aromatic rings. The molecule has 0 unspecified atom stereocenters. The average molecular weight is 566 g/mol.